The first kappa shape index (κ1) is 16.4. The highest BCUT2D eigenvalue weighted by atomic mass is 16.5. The molecular formula is C19H23N3O2. The Balaban J connectivity index is 1.66. The fraction of sp³-hybridized carbons (Fsp3) is 0.421. The van der Waals surface area contributed by atoms with Gasteiger partial charge in [0.1, 0.15) is 18.2 Å². The monoisotopic (exact) mass is 325 g/mol. The van der Waals surface area contributed by atoms with Crippen molar-refractivity contribution in [1.29, 1.82) is 0 Å². The lowest BCUT2D eigenvalue weighted by atomic mass is 9.92. The highest BCUT2D eigenvalue weighted by Gasteiger charge is 2.26. The van der Waals surface area contributed by atoms with Crippen LogP contribution < -0.4 is 10.1 Å². The van der Waals surface area contributed by atoms with Crippen LogP contribution in [0.25, 0.3) is 11.1 Å². The van der Waals surface area contributed by atoms with Crippen LogP contribution in [0.5, 0.6) is 5.75 Å². The average Bonchev–Trinajstić information content (AvgIpc) is 2.95. The molecule has 1 aliphatic heterocycles. The summed E-state index contributed by atoms with van der Waals surface area (Å²) in [6.45, 7) is 6.70. The second-order valence-corrected chi connectivity index (χ2v) is 7.41. The Hall–Kier alpha value is -2.43. The van der Waals surface area contributed by atoms with E-state index in [1.807, 2.05) is 12.1 Å². The molecule has 24 heavy (non-hydrogen) atoms. The van der Waals surface area contributed by atoms with Gasteiger partial charge in [-0.3, -0.25) is 4.79 Å². The number of carbonyl (C=O) groups is 1. The lowest BCUT2D eigenvalue weighted by molar-refractivity contribution is -0.123. The van der Waals surface area contributed by atoms with E-state index >= 15 is 0 Å². The molecule has 126 valence electrons. The molecule has 0 radical (unpaired) electrons. The van der Waals surface area contributed by atoms with Crippen LogP contribution in [0, 0.1) is 5.41 Å². The number of carbonyl (C=O) groups excluding carboxylic acids is 1. The quantitative estimate of drug-likeness (QED) is 0.938. The fourth-order valence-corrected chi connectivity index (χ4v) is 2.89. The fourth-order valence-electron chi connectivity index (χ4n) is 2.89. The number of nitrogens with one attached hydrogen (secondary N) is 1. The molecule has 2 heterocycles. The van der Waals surface area contributed by atoms with Gasteiger partial charge in [0.25, 0.3) is 0 Å². The predicted octanol–water partition coefficient (Wildman–Crippen LogP) is 3.00. The summed E-state index contributed by atoms with van der Waals surface area (Å²) in [6, 6.07) is 6.10. The van der Waals surface area contributed by atoms with Crippen LogP contribution in [-0.2, 0) is 11.2 Å². The molecular weight excluding hydrogens is 302 g/mol. The summed E-state index contributed by atoms with van der Waals surface area (Å²) in [5.74, 6) is 0.945. The van der Waals surface area contributed by atoms with Crippen LogP contribution in [0.1, 0.15) is 32.8 Å². The number of aromatic nitrogens is 2. The molecule has 0 spiro atoms. The predicted molar refractivity (Wildman–Crippen MR) is 92.7 cm³/mol. The smallest absolute Gasteiger partial charge is 0.220 e. The number of rotatable bonds is 4. The molecule has 0 fully saturated rings. The van der Waals surface area contributed by atoms with Gasteiger partial charge < -0.3 is 10.1 Å². The Bertz CT molecular complexity index is 723. The number of amides is 1. The van der Waals surface area contributed by atoms with Gasteiger partial charge in [-0.25, -0.2) is 9.97 Å². The molecule has 5 heteroatoms. The molecule has 0 saturated carbocycles. The Kier molecular flexibility index (Phi) is 4.51. The summed E-state index contributed by atoms with van der Waals surface area (Å²) in [5.41, 5.74) is 3.08. The van der Waals surface area contributed by atoms with Crippen LogP contribution in [-0.4, -0.2) is 28.5 Å². The first-order valence-corrected chi connectivity index (χ1v) is 8.23. The van der Waals surface area contributed by atoms with E-state index in [1.54, 1.807) is 12.4 Å². The molecule has 1 aromatic heterocycles. The van der Waals surface area contributed by atoms with Crippen molar-refractivity contribution in [3.8, 4) is 16.9 Å². The van der Waals surface area contributed by atoms with Gasteiger partial charge in [0.05, 0.1) is 6.54 Å². The van der Waals surface area contributed by atoms with Crippen molar-refractivity contribution in [2.24, 2.45) is 5.41 Å². The van der Waals surface area contributed by atoms with Crippen LogP contribution in [0.4, 0.5) is 0 Å². The Labute approximate surface area is 142 Å². The van der Waals surface area contributed by atoms with Gasteiger partial charge in [0, 0.05) is 36.4 Å². The van der Waals surface area contributed by atoms with Gasteiger partial charge in [-0.15, -0.1) is 0 Å². The van der Waals surface area contributed by atoms with Gasteiger partial charge in [-0.05, 0) is 11.0 Å². The van der Waals surface area contributed by atoms with E-state index in [-0.39, 0.29) is 17.4 Å². The van der Waals surface area contributed by atoms with Crippen molar-refractivity contribution in [3.63, 3.8) is 0 Å². The summed E-state index contributed by atoms with van der Waals surface area (Å²) >= 11 is 0. The van der Waals surface area contributed by atoms with E-state index < -0.39 is 0 Å². The van der Waals surface area contributed by atoms with Crippen LogP contribution in [0.2, 0.25) is 0 Å². The highest BCUT2D eigenvalue weighted by molar-refractivity contribution is 5.76. The van der Waals surface area contributed by atoms with Crippen LogP contribution >= 0.6 is 0 Å². The molecule has 1 atom stereocenters. The van der Waals surface area contributed by atoms with E-state index in [4.69, 9.17) is 4.74 Å². The van der Waals surface area contributed by atoms with Gasteiger partial charge in [-0.1, -0.05) is 39.0 Å². The van der Waals surface area contributed by atoms with Crippen molar-refractivity contribution in [1.82, 2.24) is 15.3 Å². The molecule has 1 N–H and O–H groups in total. The number of hydrogen-bond acceptors (Lipinski definition) is 4. The van der Waals surface area contributed by atoms with Gasteiger partial charge in [0.15, 0.2) is 0 Å². The largest absolute Gasteiger partial charge is 0.487 e. The standard InChI is InChI=1S/C19H23N3O2/c1-19(2,3)8-17(23)22-11-15-7-13-5-4-6-16(18(13)24-15)14-9-20-12-21-10-14/h4-6,9-10,12,15H,7-8,11H2,1-3H3,(H,22,23). The van der Waals surface area contributed by atoms with E-state index in [2.05, 4.69) is 42.1 Å². The first-order chi connectivity index (χ1) is 11.4. The summed E-state index contributed by atoms with van der Waals surface area (Å²) in [4.78, 5) is 20.1. The summed E-state index contributed by atoms with van der Waals surface area (Å²) < 4.78 is 6.10. The SMILES string of the molecule is CC(C)(C)CC(=O)NCC1Cc2cccc(-c3cncnc3)c2O1. The Morgan fingerprint density at radius 3 is 2.75 bits per heavy atom. The number of para-hydroxylation sites is 1. The number of nitrogens with zero attached hydrogens (tertiary/aromatic N) is 2. The minimum Gasteiger partial charge on any atom is -0.487 e. The number of fused-ring (bicyclic) bond motifs is 1. The minimum absolute atomic E-state index is 0.00986. The van der Waals surface area contributed by atoms with Crippen molar-refractivity contribution in [2.45, 2.75) is 39.7 Å². The molecule has 0 aliphatic carbocycles. The van der Waals surface area contributed by atoms with E-state index in [9.17, 15) is 4.79 Å². The third-order valence-electron chi connectivity index (χ3n) is 3.92. The van der Waals surface area contributed by atoms with Gasteiger partial charge >= 0.3 is 0 Å². The van der Waals surface area contributed by atoms with E-state index in [0.29, 0.717) is 13.0 Å². The molecule has 5 nitrogen and oxygen atoms in total. The zero-order valence-electron chi connectivity index (χ0n) is 14.4. The topological polar surface area (TPSA) is 64.1 Å². The number of benzene rings is 1. The maximum Gasteiger partial charge on any atom is 0.220 e. The van der Waals surface area contributed by atoms with Gasteiger partial charge in [0.2, 0.25) is 5.91 Å². The third kappa shape index (κ3) is 3.91. The lowest BCUT2D eigenvalue weighted by Gasteiger charge is -2.18. The van der Waals surface area contributed by atoms with E-state index in [0.717, 1.165) is 28.9 Å². The second-order valence-electron chi connectivity index (χ2n) is 7.41. The van der Waals surface area contributed by atoms with Crippen molar-refractivity contribution in [3.05, 3.63) is 42.5 Å². The summed E-state index contributed by atoms with van der Waals surface area (Å²) in [5, 5.41) is 2.99. The molecule has 2 aromatic rings. The first-order valence-electron chi connectivity index (χ1n) is 8.23. The average molecular weight is 325 g/mol. The summed E-state index contributed by atoms with van der Waals surface area (Å²) in [7, 11) is 0. The maximum atomic E-state index is 12.0. The van der Waals surface area contributed by atoms with Crippen molar-refractivity contribution < 1.29 is 9.53 Å². The van der Waals surface area contributed by atoms with Crippen molar-refractivity contribution >= 4 is 5.91 Å². The Morgan fingerprint density at radius 1 is 1.29 bits per heavy atom. The molecule has 1 unspecified atom stereocenters. The highest BCUT2D eigenvalue weighted by Crippen LogP contribution is 2.38. The van der Waals surface area contributed by atoms with Crippen molar-refractivity contribution in [2.75, 3.05) is 6.54 Å². The second kappa shape index (κ2) is 6.59. The third-order valence-corrected chi connectivity index (χ3v) is 3.92. The Morgan fingerprint density at radius 2 is 2.04 bits per heavy atom. The number of ether oxygens (including phenoxy) is 1. The molecule has 0 saturated heterocycles. The van der Waals surface area contributed by atoms with E-state index in [1.165, 1.54) is 6.33 Å². The molecule has 1 aliphatic rings. The molecule has 0 bridgehead atoms. The number of hydrogen-bond donors (Lipinski definition) is 1. The van der Waals surface area contributed by atoms with Crippen LogP contribution in [0.15, 0.2) is 36.9 Å². The zero-order valence-corrected chi connectivity index (χ0v) is 14.4. The summed E-state index contributed by atoms with van der Waals surface area (Å²) in [6.07, 6.45) is 6.36. The molecule has 3 rings (SSSR count). The lowest BCUT2D eigenvalue weighted by Crippen LogP contribution is -2.36. The normalized spacial score (nSPS) is 16.4. The minimum atomic E-state index is -0.0327. The maximum absolute atomic E-state index is 12.0. The van der Waals surface area contributed by atoms with Gasteiger partial charge in [-0.2, -0.15) is 0 Å². The zero-order chi connectivity index (χ0) is 17.2. The molecule has 1 aromatic carbocycles. The molecule has 1 amide bonds. The van der Waals surface area contributed by atoms with Crippen LogP contribution in [0.3, 0.4) is 0 Å².